The Morgan fingerprint density at radius 3 is 2.71 bits per heavy atom. The minimum Gasteiger partial charge on any atom is -0.337 e. The second-order valence-electron chi connectivity index (χ2n) is 9.13. The minimum absolute atomic E-state index is 0.134. The van der Waals surface area contributed by atoms with Gasteiger partial charge in [0.25, 0.3) is 0 Å². The highest BCUT2D eigenvalue weighted by atomic mass is 19.1. The second-order valence-corrected chi connectivity index (χ2v) is 9.13. The van der Waals surface area contributed by atoms with Crippen LogP contribution in [0.3, 0.4) is 0 Å². The fourth-order valence-corrected chi connectivity index (χ4v) is 5.24. The summed E-state index contributed by atoms with van der Waals surface area (Å²) < 4.78 is 15.9. The highest BCUT2D eigenvalue weighted by molar-refractivity contribution is 5.73. The summed E-state index contributed by atoms with van der Waals surface area (Å²) in [7, 11) is 0. The number of imidazole rings is 1. The zero-order valence-corrected chi connectivity index (χ0v) is 18.9. The Bertz CT molecular complexity index is 934. The molecular weight excluding hydrogens is 393 g/mol. The van der Waals surface area contributed by atoms with Crippen molar-refractivity contribution >= 4 is 5.91 Å². The molecule has 2 aromatic rings. The number of fused-ring (bicyclic) bond motifs is 1. The lowest BCUT2D eigenvalue weighted by atomic mass is 9.97. The number of halogens is 1. The highest BCUT2D eigenvalue weighted by Gasteiger charge is 2.30. The van der Waals surface area contributed by atoms with Crippen LogP contribution < -0.4 is 5.73 Å². The number of hydrogen-bond acceptors (Lipinski definition) is 4. The first kappa shape index (κ1) is 22.0. The summed E-state index contributed by atoms with van der Waals surface area (Å²) in [4.78, 5) is 21.1. The minimum atomic E-state index is -0.233. The van der Waals surface area contributed by atoms with E-state index in [9.17, 15) is 9.18 Å². The molecule has 0 spiro atoms. The molecule has 1 amide bonds. The number of carbonyl (C=O) groups excluding carboxylic acids is 1. The summed E-state index contributed by atoms with van der Waals surface area (Å²) in [6.07, 6.45) is 3.77. The van der Waals surface area contributed by atoms with Crippen molar-refractivity contribution in [3.63, 3.8) is 0 Å². The molecule has 2 atom stereocenters. The van der Waals surface area contributed by atoms with E-state index in [1.807, 2.05) is 11.0 Å². The van der Waals surface area contributed by atoms with Crippen LogP contribution in [-0.2, 0) is 17.8 Å². The number of aromatic nitrogens is 2. The second kappa shape index (κ2) is 9.09. The number of carbonyl (C=O) groups is 1. The number of benzene rings is 1. The quantitative estimate of drug-likeness (QED) is 0.795. The largest absolute Gasteiger partial charge is 0.337 e. The Kier molecular flexibility index (Phi) is 6.44. The molecule has 3 heterocycles. The first-order valence-corrected chi connectivity index (χ1v) is 11.4. The molecule has 1 saturated heterocycles. The number of nitrogens with two attached hydrogens (primary N) is 1. The van der Waals surface area contributed by atoms with E-state index >= 15 is 0 Å². The van der Waals surface area contributed by atoms with Gasteiger partial charge in [-0.2, -0.15) is 0 Å². The maximum atomic E-state index is 13.5. The summed E-state index contributed by atoms with van der Waals surface area (Å²) in [5.41, 5.74) is 9.61. The third kappa shape index (κ3) is 4.67. The van der Waals surface area contributed by atoms with Crippen LogP contribution in [0.25, 0.3) is 0 Å². The lowest BCUT2D eigenvalue weighted by Gasteiger charge is -2.38. The SMILES string of the molecule is CC(=O)N1CCc2nc(C)n(C3CCN(C(C)C[C@H](N)c4cccc(F)c4)CC3)c2C1. The molecule has 0 bridgehead atoms. The molecule has 168 valence electrons. The fraction of sp³-hybridized carbons (Fsp3) is 0.583. The van der Waals surface area contributed by atoms with Gasteiger partial charge in [0.05, 0.1) is 17.9 Å². The Hall–Kier alpha value is -2.25. The third-order valence-electron chi connectivity index (χ3n) is 7.03. The van der Waals surface area contributed by atoms with Crippen LogP contribution in [0.4, 0.5) is 4.39 Å². The molecule has 1 fully saturated rings. The van der Waals surface area contributed by atoms with E-state index < -0.39 is 0 Å². The molecule has 1 aromatic carbocycles. The molecule has 1 aromatic heterocycles. The van der Waals surface area contributed by atoms with Gasteiger partial charge in [0, 0.05) is 51.1 Å². The van der Waals surface area contributed by atoms with E-state index in [0.29, 0.717) is 18.6 Å². The number of likely N-dealkylation sites (tertiary alicyclic amines) is 1. The molecular formula is C24H34FN5O. The lowest BCUT2D eigenvalue weighted by Crippen LogP contribution is -2.42. The number of nitrogens with zero attached hydrogens (tertiary/aromatic N) is 4. The van der Waals surface area contributed by atoms with Crippen LogP contribution in [-0.4, -0.2) is 50.9 Å². The van der Waals surface area contributed by atoms with Crippen LogP contribution in [0.5, 0.6) is 0 Å². The van der Waals surface area contributed by atoms with Crippen molar-refractivity contribution in [1.82, 2.24) is 19.4 Å². The summed E-state index contributed by atoms with van der Waals surface area (Å²) >= 11 is 0. The van der Waals surface area contributed by atoms with Gasteiger partial charge in [-0.15, -0.1) is 0 Å². The predicted octanol–water partition coefficient (Wildman–Crippen LogP) is 3.35. The molecule has 1 unspecified atom stereocenters. The van der Waals surface area contributed by atoms with Gasteiger partial charge < -0.3 is 20.1 Å². The molecule has 7 heteroatoms. The standard InChI is InChI=1S/C24H34FN5O/c1-16(13-22(26)19-5-4-6-20(25)14-19)28-10-7-21(8-11-28)30-17(2)27-23-9-12-29(18(3)31)15-24(23)30/h4-6,14,16,21-22H,7-13,15,26H2,1-3H3/t16?,22-/m0/s1. The molecule has 0 radical (unpaired) electrons. The normalized spacial score (nSPS) is 19.8. The van der Waals surface area contributed by atoms with Crippen molar-refractivity contribution in [2.24, 2.45) is 5.73 Å². The monoisotopic (exact) mass is 427 g/mol. The first-order valence-electron chi connectivity index (χ1n) is 11.4. The van der Waals surface area contributed by atoms with Crippen molar-refractivity contribution in [2.45, 2.75) is 71.1 Å². The summed E-state index contributed by atoms with van der Waals surface area (Å²) in [6, 6.07) is 7.22. The Labute approximate surface area is 184 Å². The maximum Gasteiger partial charge on any atom is 0.219 e. The van der Waals surface area contributed by atoms with E-state index in [-0.39, 0.29) is 17.8 Å². The van der Waals surface area contributed by atoms with Crippen molar-refractivity contribution < 1.29 is 9.18 Å². The number of piperidine rings is 1. The molecule has 0 aliphatic carbocycles. The molecule has 2 N–H and O–H groups in total. The van der Waals surface area contributed by atoms with Gasteiger partial charge in [0.2, 0.25) is 5.91 Å². The fourth-order valence-electron chi connectivity index (χ4n) is 5.24. The number of amides is 1. The van der Waals surface area contributed by atoms with Gasteiger partial charge in [-0.1, -0.05) is 12.1 Å². The van der Waals surface area contributed by atoms with Crippen molar-refractivity contribution in [1.29, 1.82) is 0 Å². The zero-order chi connectivity index (χ0) is 22.1. The van der Waals surface area contributed by atoms with Gasteiger partial charge in [-0.3, -0.25) is 4.79 Å². The Morgan fingerprint density at radius 2 is 2.03 bits per heavy atom. The van der Waals surface area contributed by atoms with Gasteiger partial charge in [-0.25, -0.2) is 9.37 Å². The van der Waals surface area contributed by atoms with Crippen LogP contribution in [0.15, 0.2) is 24.3 Å². The average molecular weight is 428 g/mol. The van der Waals surface area contributed by atoms with E-state index in [1.54, 1.807) is 19.1 Å². The van der Waals surface area contributed by atoms with Crippen LogP contribution in [0.2, 0.25) is 0 Å². The molecule has 31 heavy (non-hydrogen) atoms. The van der Waals surface area contributed by atoms with E-state index in [4.69, 9.17) is 10.7 Å². The third-order valence-corrected chi connectivity index (χ3v) is 7.03. The first-order chi connectivity index (χ1) is 14.8. The van der Waals surface area contributed by atoms with Crippen LogP contribution >= 0.6 is 0 Å². The van der Waals surface area contributed by atoms with Gasteiger partial charge in [0.15, 0.2) is 0 Å². The van der Waals surface area contributed by atoms with E-state index in [2.05, 4.69) is 23.3 Å². The van der Waals surface area contributed by atoms with Crippen LogP contribution in [0.1, 0.15) is 68.0 Å². The average Bonchev–Trinajstić information content (AvgIpc) is 3.08. The molecule has 2 aliphatic rings. The number of aryl methyl sites for hydroxylation is 1. The van der Waals surface area contributed by atoms with Gasteiger partial charge >= 0.3 is 0 Å². The van der Waals surface area contributed by atoms with E-state index in [1.165, 1.54) is 11.8 Å². The molecule has 2 aliphatic heterocycles. The molecule has 0 saturated carbocycles. The lowest BCUT2D eigenvalue weighted by molar-refractivity contribution is -0.129. The van der Waals surface area contributed by atoms with Crippen molar-refractivity contribution in [3.8, 4) is 0 Å². The Balaban J connectivity index is 1.38. The van der Waals surface area contributed by atoms with Gasteiger partial charge in [0.1, 0.15) is 11.6 Å². The number of rotatable bonds is 5. The van der Waals surface area contributed by atoms with Crippen molar-refractivity contribution in [3.05, 3.63) is 52.9 Å². The summed E-state index contributed by atoms with van der Waals surface area (Å²) in [5.74, 6) is 0.966. The maximum absolute atomic E-state index is 13.5. The van der Waals surface area contributed by atoms with E-state index in [0.717, 1.165) is 62.4 Å². The highest BCUT2D eigenvalue weighted by Crippen LogP contribution is 2.31. The zero-order valence-electron chi connectivity index (χ0n) is 18.9. The molecule has 6 nitrogen and oxygen atoms in total. The smallest absolute Gasteiger partial charge is 0.219 e. The number of hydrogen-bond donors (Lipinski definition) is 1. The Morgan fingerprint density at radius 1 is 1.29 bits per heavy atom. The topological polar surface area (TPSA) is 67.4 Å². The van der Waals surface area contributed by atoms with Crippen molar-refractivity contribution in [2.75, 3.05) is 19.6 Å². The molecule has 4 rings (SSSR count). The van der Waals surface area contributed by atoms with Crippen LogP contribution in [0, 0.1) is 12.7 Å². The predicted molar refractivity (Wildman–Crippen MR) is 119 cm³/mol. The summed E-state index contributed by atoms with van der Waals surface area (Å²) in [6.45, 7) is 9.39. The summed E-state index contributed by atoms with van der Waals surface area (Å²) in [5, 5.41) is 0. The van der Waals surface area contributed by atoms with Gasteiger partial charge in [-0.05, 0) is 50.8 Å².